The van der Waals surface area contributed by atoms with Crippen LogP contribution in [0.25, 0.3) is 0 Å². The van der Waals surface area contributed by atoms with Crippen molar-refractivity contribution >= 4 is 11.9 Å². The third kappa shape index (κ3) is 9.00. The molecule has 0 aromatic rings. The van der Waals surface area contributed by atoms with Crippen molar-refractivity contribution in [1.82, 2.24) is 0 Å². The van der Waals surface area contributed by atoms with Gasteiger partial charge < -0.3 is 10.2 Å². The zero-order chi connectivity index (χ0) is 11.7. The molecule has 4 heteroatoms. The van der Waals surface area contributed by atoms with Gasteiger partial charge in [0.2, 0.25) is 0 Å². The molecule has 15 heavy (non-hydrogen) atoms. The first-order chi connectivity index (χ1) is 7.06. The van der Waals surface area contributed by atoms with Crippen molar-refractivity contribution in [3.05, 3.63) is 12.7 Å². The summed E-state index contributed by atoms with van der Waals surface area (Å²) in [6.07, 6.45) is 5.06. The Bertz CT molecular complexity index is 207. The van der Waals surface area contributed by atoms with Crippen molar-refractivity contribution in [2.45, 2.75) is 38.5 Å². The van der Waals surface area contributed by atoms with Gasteiger partial charge in [-0.15, -0.1) is 6.58 Å². The van der Waals surface area contributed by atoms with Crippen LogP contribution in [0.2, 0.25) is 0 Å². The lowest BCUT2D eigenvalue weighted by atomic mass is 9.94. The third-order valence-corrected chi connectivity index (χ3v) is 2.20. The van der Waals surface area contributed by atoms with Gasteiger partial charge in [-0.2, -0.15) is 0 Å². The lowest BCUT2D eigenvalue weighted by molar-refractivity contribution is -0.140. The zero-order valence-electron chi connectivity index (χ0n) is 8.82. The maximum atomic E-state index is 10.5. The molecule has 0 unspecified atom stereocenters. The van der Waals surface area contributed by atoms with E-state index in [0.717, 1.165) is 19.3 Å². The second-order valence-corrected chi connectivity index (χ2v) is 3.63. The van der Waals surface area contributed by atoms with Gasteiger partial charge in [0.15, 0.2) is 0 Å². The summed E-state index contributed by atoms with van der Waals surface area (Å²) in [6, 6.07) is 0. The molecule has 4 nitrogen and oxygen atoms in total. The summed E-state index contributed by atoms with van der Waals surface area (Å²) in [6.45, 7) is 3.59. The average molecular weight is 214 g/mol. The fourth-order valence-corrected chi connectivity index (χ4v) is 1.49. The predicted molar refractivity (Wildman–Crippen MR) is 56.7 cm³/mol. The second-order valence-electron chi connectivity index (χ2n) is 3.63. The number of carbonyl (C=O) groups is 2. The van der Waals surface area contributed by atoms with Gasteiger partial charge in [-0.05, 0) is 25.2 Å². The highest BCUT2D eigenvalue weighted by Gasteiger charge is 2.16. The first-order valence-corrected chi connectivity index (χ1v) is 5.10. The molecule has 0 aromatic heterocycles. The molecule has 0 aliphatic carbocycles. The van der Waals surface area contributed by atoms with Gasteiger partial charge in [0, 0.05) is 12.8 Å². The van der Waals surface area contributed by atoms with Crippen molar-refractivity contribution in [1.29, 1.82) is 0 Å². The van der Waals surface area contributed by atoms with Crippen LogP contribution < -0.4 is 0 Å². The number of unbranched alkanes of at least 4 members (excludes halogenated alkanes) is 2. The van der Waals surface area contributed by atoms with Gasteiger partial charge in [0.05, 0.1) is 0 Å². The van der Waals surface area contributed by atoms with E-state index in [4.69, 9.17) is 10.2 Å². The first-order valence-electron chi connectivity index (χ1n) is 5.10. The molecule has 0 atom stereocenters. The number of carboxylic acid groups (broad SMARTS) is 2. The molecule has 0 aliphatic rings. The van der Waals surface area contributed by atoms with E-state index < -0.39 is 11.9 Å². The van der Waals surface area contributed by atoms with E-state index in [0.29, 0.717) is 6.42 Å². The lowest BCUT2D eigenvalue weighted by Crippen LogP contribution is -2.12. The Balaban J connectivity index is 3.84. The normalized spacial score (nSPS) is 10.2. The van der Waals surface area contributed by atoms with Gasteiger partial charge >= 0.3 is 11.9 Å². The Labute approximate surface area is 89.6 Å². The van der Waals surface area contributed by atoms with Crippen molar-refractivity contribution in [2.75, 3.05) is 0 Å². The predicted octanol–water partition coefficient (Wildman–Crippen LogP) is 2.30. The van der Waals surface area contributed by atoms with E-state index in [1.54, 1.807) is 0 Å². The summed E-state index contributed by atoms with van der Waals surface area (Å²) in [5.41, 5.74) is 0. The minimum atomic E-state index is -0.926. The summed E-state index contributed by atoms with van der Waals surface area (Å²) < 4.78 is 0. The Morgan fingerprint density at radius 3 is 2.07 bits per heavy atom. The molecule has 0 fully saturated rings. The Morgan fingerprint density at radius 2 is 1.67 bits per heavy atom. The van der Waals surface area contributed by atoms with Crippen molar-refractivity contribution in [2.24, 2.45) is 5.92 Å². The molecule has 86 valence electrons. The van der Waals surface area contributed by atoms with Gasteiger partial charge in [-0.1, -0.05) is 12.5 Å². The number of hydrogen-bond acceptors (Lipinski definition) is 2. The smallest absolute Gasteiger partial charge is 0.303 e. The van der Waals surface area contributed by atoms with E-state index in [1.165, 1.54) is 0 Å². The van der Waals surface area contributed by atoms with Crippen molar-refractivity contribution in [3.63, 3.8) is 0 Å². The first kappa shape index (κ1) is 13.7. The highest BCUT2D eigenvalue weighted by molar-refractivity contribution is 5.70. The molecule has 0 radical (unpaired) electrons. The fraction of sp³-hybridized carbons (Fsp3) is 0.636. The summed E-state index contributed by atoms with van der Waals surface area (Å²) in [5, 5.41) is 17.2. The minimum absolute atomic E-state index is 0.0552. The molecule has 0 amide bonds. The average Bonchev–Trinajstić information content (AvgIpc) is 2.10. The second kappa shape index (κ2) is 8.03. The molecule has 0 saturated carbocycles. The van der Waals surface area contributed by atoms with Crippen LogP contribution in [-0.4, -0.2) is 22.2 Å². The van der Waals surface area contributed by atoms with E-state index >= 15 is 0 Å². The minimum Gasteiger partial charge on any atom is -0.481 e. The molecule has 0 bridgehead atoms. The van der Waals surface area contributed by atoms with Gasteiger partial charge in [-0.3, -0.25) is 9.59 Å². The Kier molecular flexibility index (Phi) is 7.32. The molecule has 0 rings (SSSR count). The number of allylic oxidation sites excluding steroid dienone is 1. The molecule has 0 spiro atoms. The third-order valence-electron chi connectivity index (χ3n) is 2.20. The molecule has 0 saturated heterocycles. The van der Waals surface area contributed by atoms with Crippen LogP contribution in [0.15, 0.2) is 12.7 Å². The van der Waals surface area contributed by atoms with Crippen LogP contribution in [0.1, 0.15) is 38.5 Å². The van der Waals surface area contributed by atoms with Crippen LogP contribution in [0.3, 0.4) is 0 Å². The van der Waals surface area contributed by atoms with Crippen molar-refractivity contribution < 1.29 is 19.8 Å². The Hall–Kier alpha value is -1.32. The van der Waals surface area contributed by atoms with Gasteiger partial charge in [-0.25, -0.2) is 0 Å². The molecule has 0 heterocycles. The summed E-state index contributed by atoms with van der Waals surface area (Å²) in [4.78, 5) is 20.9. The molecule has 2 N–H and O–H groups in total. The number of rotatable bonds is 9. The summed E-state index contributed by atoms with van der Waals surface area (Å²) in [7, 11) is 0. The van der Waals surface area contributed by atoms with Crippen LogP contribution in [0.5, 0.6) is 0 Å². The summed E-state index contributed by atoms with van der Waals surface area (Å²) >= 11 is 0. The largest absolute Gasteiger partial charge is 0.481 e. The lowest BCUT2D eigenvalue weighted by Gasteiger charge is -2.11. The zero-order valence-corrected chi connectivity index (χ0v) is 8.82. The Morgan fingerprint density at radius 1 is 1.13 bits per heavy atom. The maximum Gasteiger partial charge on any atom is 0.303 e. The van der Waals surface area contributed by atoms with Crippen molar-refractivity contribution in [3.8, 4) is 0 Å². The monoisotopic (exact) mass is 214 g/mol. The SMILES string of the molecule is C=CCCCCC(CC(=O)O)CC(=O)O. The molecule has 0 aliphatic heterocycles. The van der Waals surface area contributed by atoms with Crippen LogP contribution in [-0.2, 0) is 9.59 Å². The van der Waals surface area contributed by atoms with Crippen LogP contribution >= 0.6 is 0 Å². The molecular weight excluding hydrogens is 196 g/mol. The molecular formula is C11H18O4. The number of aliphatic carboxylic acids is 2. The van der Waals surface area contributed by atoms with E-state index in [-0.39, 0.29) is 18.8 Å². The van der Waals surface area contributed by atoms with Crippen LogP contribution in [0, 0.1) is 5.92 Å². The van der Waals surface area contributed by atoms with E-state index in [9.17, 15) is 9.59 Å². The maximum absolute atomic E-state index is 10.5. The topological polar surface area (TPSA) is 74.6 Å². The number of hydrogen-bond donors (Lipinski definition) is 2. The standard InChI is InChI=1S/C11H18O4/c1-2-3-4-5-6-9(7-10(12)13)8-11(14)15/h2,9H,1,3-8H2,(H,12,13)(H,14,15). The highest BCUT2D eigenvalue weighted by Crippen LogP contribution is 2.17. The summed E-state index contributed by atoms with van der Waals surface area (Å²) in [5.74, 6) is -2.10. The van der Waals surface area contributed by atoms with E-state index in [2.05, 4.69) is 6.58 Å². The van der Waals surface area contributed by atoms with Gasteiger partial charge in [0.1, 0.15) is 0 Å². The van der Waals surface area contributed by atoms with Crippen LogP contribution in [0.4, 0.5) is 0 Å². The van der Waals surface area contributed by atoms with Gasteiger partial charge in [0.25, 0.3) is 0 Å². The quantitative estimate of drug-likeness (QED) is 0.456. The van der Waals surface area contributed by atoms with E-state index in [1.807, 2.05) is 6.08 Å². The number of carboxylic acids is 2. The fourth-order valence-electron chi connectivity index (χ4n) is 1.49. The highest BCUT2D eigenvalue weighted by atomic mass is 16.4. The molecule has 0 aromatic carbocycles.